The van der Waals surface area contributed by atoms with Crippen LogP contribution in [0, 0.1) is 0 Å². The Bertz CT molecular complexity index is 429. The van der Waals surface area contributed by atoms with Crippen molar-refractivity contribution < 1.29 is 14.0 Å². The van der Waals surface area contributed by atoms with Gasteiger partial charge >= 0.3 is 0 Å². The summed E-state index contributed by atoms with van der Waals surface area (Å²) < 4.78 is 4.98. The van der Waals surface area contributed by atoms with E-state index in [1.807, 2.05) is 6.92 Å². The first-order chi connectivity index (χ1) is 10.7. The molecule has 1 heterocycles. The average molecular weight is 308 g/mol. The summed E-state index contributed by atoms with van der Waals surface area (Å²) in [4.78, 5) is 25.9. The molecule has 0 saturated carbocycles. The third kappa shape index (κ3) is 6.78. The number of carbonyl (C=O) groups is 2. The van der Waals surface area contributed by atoms with Crippen LogP contribution in [0.25, 0.3) is 0 Å². The molecule has 0 spiro atoms. The smallest absolute Gasteiger partial charge is 0.257 e. The van der Waals surface area contributed by atoms with E-state index in [0.717, 1.165) is 25.7 Å². The third-order valence-electron chi connectivity index (χ3n) is 3.52. The first-order valence-corrected chi connectivity index (χ1v) is 8.27. The molecule has 5 heteroatoms. The quantitative estimate of drug-likeness (QED) is 0.638. The van der Waals surface area contributed by atoms with E-state index in [4.69, 9.17) is 4.42 Å². The molecular weight excluding hydrogens is 280 g/mol. The number of hydrogen-bond donors (Lipinski definition) is 1. The molecule has 1 aromatic heterocycles. The van der Waals surface area contributed by atoms with Gasteiger partial charge in [0.1, 0.15) is 6.26 Å². The molecule has 0 unspecified atom stereocenters. The van der Waals surface area contributed by atoms with E-state index in [1.54, 1.807) is 11.0 Å². The van der Waals surface area contributed by atoms with Crippen LogP contribution < -0.4 is 5.32 Å². The molecule has 0 fully saturated rings. The van der Waals surface area contributed by atoms with Gasteiger partial charge in [-0.15, -0.1) is 0 Å². The largest absolute Gasteiger partial charge is 0.472 e. The summed E-state index contributed by atoms with van der Waals surface area (Å²) in [5.74, 6) is -0.0612. The monoisotopic (exact) mass is 308 g/mol. The zero-order valence-electron chi connectivity index (χ0n) is 13.8. The molecule has 124 valence electrons. The van der Waals surface area contributed by atoms with Crippen LogP contribution in [0.2, 0.25) is 0 Å². The number of nitrogens with one attached hydrogen (secondary N) is 1. The fourth-order valence-electron chi connectivity index (χ4n) is 2.20. The van der Waals surface area contributed by atoms with Gasteiger partial charge in [-0.1, -0.05) is 33.1 Å². The maximum Gasteiger partial charge on any atom is 0.257 e. The molecule has 1 aromatic rings. The molecule has 0 aliphatic heterocycles. The summed E-state index contributed by atoms with van der Waals surface area (Å²) in [6.07, 6.45) is 8.62. The van der Waals surface area contributed by atoms with Crippen molar-refractivity contribution in [3.63, 3.8) is 0 Å². The standard InChI is InChI=1S/C17H28N2O3/c1-3-5-6-7-11-19(12-8-16(20)18-10-4-2)17(21)15-9-13-22-14-15/h9,13-14H,3-8,10-12H2,1-2H3,(H,18,20). The second-order valence-corrected chi connectivity index (χ2v) is 5.46. The SMILES string of the molecule is CCCCCCN(CCC(=O)NCCC)C(=O)c1ccoc1. The molecule has 0 aliphatic carbocycles. The second kappa shape index (κ2) is 10.9. The lowest BCUT2D eigenvalue weighted by Gasteiger charge is -2.22. The van der Waals surface area contributed by atoms with Crippen molar-refractivity contribution >= 4 is 11.8 Å². The van der Waals surface area contributed by atoms with Gasteiger partial charge in [-0.2, -0.15) is 0 Å². The average Bonchev–Trinajstić information content (AvgIpc) is 3.06. The molecule has 0 aliphatic rings. The Hall–Kier alpha value is -1.78. The number of unbranched alkanes of at least 4 members (excludes halogenated alkanes) is 3. The van der Waals surface area contributed by atoms with E-state index < -0.39 is 0 Å². The van der Waals surface area contributed by atoms with Crippen molar-refractivity contribution in [1.82, 2.24) is 10.2 Å². The van der Waals surface area contributed by atoms with E-state index in [9.17, 15) is 9.59 Å². The number of amides is 2. The highest BCUT2D eigenvalue weighted by Crippen LogP contribution is 2.09. The van der Waals surface area contributed by atoms with Crippen LogP contribution in [0.5, 0.6) is 0 Å². The molecule has 0 radical (unpaired) electrons. The zero-order valence-corrected chi connectivity index (χ0v) is 13.8. The van der Waals surface area contributed by atoms with Gasteiger partial charge in [0.25, 0.3) is 5.91 Å². The van der Waals surface area contributed by atoms with Crippen LogP contribution in [-0.2, 0) is 4.79 Å². The highest BCUT2D eigenvalue weighted by atomic mass is 16.3. The minimum atomic E-state index is -0.0615. The minimum Gasteiger partial charge on any atom is -0.472 e. The van der Waals surface area contributed by atoms with E-state index in [2.05, 4.69) is 12.2 Å². The molecule has 0 aromatic carbocycles. The topological polar surface area (TPSA) is 62.6 Å². The molecule has 5 nitrogen and oxygen atoms in total. The van der Waals surface area contributed by atoms with Crippen LogP contribution in [0.3, 0.4) is 0 Å². The van der Waals surface area contributed by atoms with Gasteiger partial charge in [-0.3, -0.25) is 9.59 Å². The summed E-state index contributed by atoms with van der Waals surface area (Å²) in [7, 11) is 0. The fraction of sp³-hybridized carbons (Fsp3) is 0.647. The Morgan fingerprint density at radius 1 is 1.14 bits per heavy atom. The zero-order chi connectivity index (χ0) is 16.2. The summed E-state index contributed by atoms with van der Waals surface area (Å²) in [5, 5.41) is 2.84. The third-order valence-corrected chi connectivity index (χ3v) is 3.52. The summed E-state index contributed by atoms with van der Waals surface area (Å²) in [6.45, 7) is 6.00. The summed E-state index contributed by atoms with van der Waals surface area (Å²) in [5.41, 5.74) is 0.546. The molecule has 1 N–H and O–H groups in total. The highest BCUT2D eigenvalue weighted by Gasteiger charge is 2.17. The summed E-state index contributed by atoms with van der Waals surface area (Å²) >= 11 is 0. The van der Waals surface area contributed by atoms with Crippen LogP contribution in [-0.4, -0.2) is 36.3 Å². The number of furan rings is 1. The predicted octanol–water partition coefficient (Wildman–Crippen LogP) is 3.22. The van der Waals surface area contributed by atoms with Gasteiger partial charge in [-0.05, 0) is 18.9 Å². The van der Waals surface area contributed by atoms with Crippen molar-refractivity contribution in [3.05, 3.63) is 24.2 Å². The number of carbonyl (C=O) groups excluding carboxylic acids is 2. The minimum absolute atomic E-state index is 0.000372. The number of hydrogen-bond acceptors (Lipinski definition) is 3. The van der Waals surface area contributed by atoms with Crippen LogP contribution in [0.15, 0.2) is 23.0 Å². The number of nitrogens with zero attached hydrogens (tertiary/aromatic N) is 1. The van der Waals surface area contributed by atoms with Gasteiger partial charge in [0.2, 0.25) is 5.91 Å². The van der Waals surface area contributed by atoms with E-state index in [-0.39, 0.29) is 11.8 Å². The lowest BCUT2D eigenvalue weighted by atomic mass is 10.2. The van der Waals surface area contributed by atoms with Gasteiger partial charge in [0.15, 0.2) is 0 Å². The fourth-order valence-corrected chi connectivity index (χ4v) is 2.20. The Labute approximate surface area is 133 Å². The predicted molar refractivity (Wildman–Crippen MR) is 86.7 cm³/mol. The molecule has 0 atom stereocenters. The van der Waals surface area contributed by atoms with Crippen molar-refractivity contribution in [1.29, 1.82) is 0 Å². The first kappa shape index (κ1) is 18.3. The van der Waals surface area contributed by atoms with Gasteiger partial charge in [0, 0.05) is 26.1 Å². The first-order valence-electron chi connectivity index (χ1n) is 8.27. The van der Waals surface area contributed by atoms with Crippen molar-refractivity contribution in [2.24, 2.45) is 0 Å². The normalized spacial score (nSPS) is 10.5. The molecule has 1 rings (SSSR count). The molecule has 0 saturated heterocycles. The van der Waals surface area contributed by atoms with Crippen molar-refractivity contribution in [2.75, 3.05) is 19.6 Å². The van der Waals surface area contributed by atoms with E-state index >= 15 is 0 Å². The maximum atomic E-state index is 12.4. The molecular formula is C17H28N2O3. The Morgan fingerprint density at radius 3 is 2.59 bits per heavy atom. The Morgan fingerprint density at radius 2 is 1.95 bits per heavy atom. The Kier molecular flexibility index (Phi) is 9.03. The van der Waals surface area contributed by atoms with Crippen LogP contribution >= 0.6 is 0 Å². The Balaban J connectivity index is 2.50. The lowest BCUT2D eigenvalue weighted by molar-refractivity contribution is -0.121. The number of rotatable bonds is 11. The van der Waals surface area contributed by atoms with Crippen molar-refractivity contribution in [2.45, 2.75) is 52.4 Å². The maximum absolute atomic E-state index is 12.4. The lowest BCUT2D eigenvalue weighted by Crippen LogP contribution is -2.36. The molecule has 0 bridgehead atoms. The van der Waals surface area contributed by atoms with E-state index in [1.165, 1.54) is 18.9 Å². The molecule has 22 heavy (non-hydrogen) atoms. The highest BCUT2D eigenvalue weighted by molar-refractivity contribution is 5.94. The van der Waals surface area contributed by atoms with E-state index in [0.29, 0.717) is 31.6 Å². The van der Waals surface area contributed by atoms with Gasteiger partial charge in [0.05, 0.1) is 11.8 Å². The van der Waals surface area contributed by atoms with Gasteiger partial charge in [-0.25, -0.2) is 0 Å². The van der Waals surface area contributed by atoms with Crippen molar-refractivity contribution in [3.8, 4) is 0 Å². The molecule has 2 amide bonds. The van der Waals surface area contributed by atoms with Crippen LogP contribution in [0.4, 0.5) is 0 Å². The second-order valence-electron chi connectivity index (χ2n) is 5.46. The van der Waals surface area contributed by atoms with Gasteiger partial charge < -0.3 is 14.6 Å². The summed E-state index contributed by atoms with van der Waals surface area (Å²) in [6, 6.07) is 1.67. The van der Waals surface area contributed by atoms with Crippen LogP contribution in [0.1, 0.15) is 62.7 Å².